The Kier molecular flexibility index (Phi) is 3.89. The molecule has 2 aromatic rings. The van der Waals surface area contributed by atoms with Crippen LogP contribution in [0.2, 0.25) is 0 Å². The fourth-order valence-corrected chi connectivity index (χ4v) is 1.86. The molecule has 5 N–H and O–H groups in total. The highest BCUT2D eigenvalue weighted by Crippen LogP contribution is 2.18. The van der Waals surface area contributed by atoms with Gasteiger partial charge in [0, 0.05) is 11.4 Å². The number of hydrogen-bond acceptors (Lipinski definition) is 3. The van der Waals surface area contributed by atoms with E-state index in [1.807, 2.05) is 6.92 Å². The molecule has 0 saturated heterocycles. The normalized spacial score (nSPS) is 10.2. The Labute approximate surface area is 120 Å². The summed E-state index contributed by atoms with van der Waals surface area (Å²) in [7, 11) is 0. The van der Waals surface area contributed by atoms with E-state index in [0.29, 0.717) is 11.3 Å². The van der Waals surface area contributed by atoms with Crippen molar-refractivity contribution in [3.8, 4) is 0 Å². The molecule has 5 nitrogen and oxygen atoms in total. The number of amides is 2. The van der Waals surface area contributed by atoms with Crippen molar-refractivity contribution in [1.82, 2.24) is 0 Å². The number of halogens is 1. The van der Waals surface area contributed by atoms with Crippen molar-refractivity contribution in [2.45, 2.75) is 6.92 Å². The lowest BCUT2D eigenvalue weighted by molar-refractivity contribution is 0.0992. The highest BCUT2D eigenvalue weighted by Gasteiger charge is 2.13. The molecule has 2 rings (SSSR count). The lowest BCUT2D eigenvalue weighted by Gasteiger charge is -2.09. The third-order valence-corrected chi connectivity index (χ3v) is 2.94. The average Bonchev–Trinajstić information content (AvgIpc) is 2.43. The second-order valence-electron chi connectivity index (χ2n) is 4.60. The van der Waals surface area contributed by atoms with Crippen LogP contribution in [0.25, 0.3) is 0 Å². The van der Waals surface area contributed by atoms with Crippen molar-refractivity contribution in [1.29, 1.82) is 0 Å². The Bertz CT molecular complexity index is 729. The molecule has 0 fully saturated rings. The molecule has 6 heteroatoms. The van der Waals surface area contributed by atoms with Gasteiger partial charge >= 0.3 is 0 Å². The Morgan fingerprint density at radius 2 is 1.81 bits per heavy atom. The topological polar surface area (TPSA) is 98.2 Å². The molecule has 0 aliphatic heterocycles. The first kappa shape index (κ1) is 14.5. The van der Waals surface area contributed by atoms with Crippen LogP contribution in [-0.2, 0) is 0 Å². The number of carbonyl (C=O) groups excluding carboxylic acids is 2. The van der Waals surface area contributed by atoms with Crippen molar-refractivity contribution in [3.05, 3.63) is 58.9 Å². The molecular weight excluding hydrogens is 273 g/mol. The minimum Gasteiger partial charge on any atom is -0.398 e. The van der Waals surface area contributed by atoms with Crippen molar-refractivity contribution in [2.75, 3.05) is 11.1 Å². The highest BCUT2D eigenvalue weighted by atomic mass is 19.1. The van der Waals surface area contributed by atoms with E-state index in [1.165, 1.54) is 12.1 Å². The number of anilines is 2. The maximum Gasteiger partial charge on any atom is 0.257 e. The lowest BCUT2D eigenvalue weighted by Crippen LogP contribution is -2.17. The van der Waals surface area contributed by atoms with Crippen molar-refractivity contribution in [3.63, 3.8) is 0 Å². The van der Waals surface area contributed by atoms with Crippen LogP contribution >= 0.6 is 0 Å². The standard InChI is InChI=1S/C15H14FN3O2/c1-8-2-5-13(17)11(6-8)15(21)19-9-3-4-12(16)10(7-9)14(18)20/h2-7H,17H2,1H3,(H2,18,20)(H,19,21). The quantitative estimate of drug-likeness (QED) is 0.753. The van der Waals surface area contributed by atoms with Crippen LogP contribution in [0.4, 0.5) is 15.8 Å². The van der Waals surface area contributed by atoms with E-state index in [2.05, 4.69) is 5.32 Å². The van der Waals surface area contributed by atoms with Gasteiger partial charge in [-0.25, -0.2) is 4.39 Å². The first-order valence-corrected chi connectivity index (χ1v) is 6.15. The summed E-state index contributed by atoms with van der Waals surface area (Å²) in [6.45, 7) is 1.83. The smallest absolute Gasteiger partial charge is 0.257 e. The van der Waals surface area contributed by atoms with Gasteiger partial charge in [-0.2, -0.15) is 0 Å². The van der Waals surface area contributed by atoms with Crippen LogP contribution in [0.15, 0.2) is 36.4 Å². The van der Waals surface area contributed by atoms with Crippen LogP contribution in [0.5, 0.6) is 0 Å². The van der Waals surface area contributed by atoms with Gasteiger partial charge in [-0.1, -0.05) is 11.6 Å². The Morgan fingerprint density at radius 1 is 1.10 bits per heavy atom. The van der Waals surface area contributed by atoms with E-state index >= 15 is 0 Å². The largest absolute Gasteiger partial charge is 0.398 e. The predicted octanol–water partition coefficient (Wildman–Crippen LogP) is 2.07. The predicted molar refractivity (Wildman–Crippen MR) is 78.5 cm³/mol. The summed E-state index contributed by atoms with van der Waals surface area (Å²) < 4.78 is 13.4. The zero-order valence-corrected chi connectivity index (χ0v) is 11.3. The minimum atomic E-state index is -0.904. The molecule has 21 heavy (non-hydrogen) atoms. The number of hydrogen-bond donors (Lipinski definition) is 3. The van der Waals surface area contributed by atoms with Gasteiger partial charge in [0.1, 0.15) is 5.82 Å². The van der Waals surface area contributed by atoms with Gasteiger partial charge in [0.15, 0.2) is 0 Å². The van der Waals surface area contributed by atoms with Crippen LogP contribution in [-0.4, -0.2) is 11.8 Å². The summed E-state index contributed by atoms with van der Waals surface area (Å²) >= 11 is 0. The molecule has 2 amide bonds. The number of nitrogens with two attached hydrogens (primary N) is 2. The van der Waals surface area contributed by atoms with E-state index < -0.39 is 17.6 Å². The SMILES string of the molecule is Cc1ccc(N)c(C(=O)Nc2ccc(F)c(C(N)=O)c2)c1. The molecule has 108 valence electrons. The number of benzene rings is 2. The second-order valence-corrected chi connectivity index (χ2v) is 4.60. The number of nitrogens with one attached hydrogen (secondary N) is 1. The number of nitrogen functional groups attached to an aromatic ring is 1. The summed E-state index contributed by atoms with van der Waals surface area (Å²) in [6, 6.07) is 8.64. The van der Waals surface area contributed by atoms with Crippen molar-refractivity contribution < 1.29 is 14.0 Å². The Hall–Kier alpha value is -2.89. The van der Waals surface area contributed by atoms with Gasteiger partial charge in [0.05, 0.1) is 11.1 Å². The van der Waals surface area contributed by atoms with Gasteiger partial charge in [-0.05, 0) is 37.3 Å². The van der Waals surface area contributed by atoms with E-state index in [0.717, 1.165) is 11.6 Å². The van der Waals surface area contributed by atoms with Crippen LogP contribution in [0, 0.1) is 12.7 Å². The van der Waals surface area contributed by atoms with E-state index in [-0.39, 0.29) is 11.3 Å². The molecule has 0 saturated carbocycles. The monoisotopic (exact) mass is 287 g/mol. The third kappa shape index (κ3) is 3.17. The number of aryl methyl sites for hydroxylation is 1. The molecule has 0 spiro atoms. The fourth-order valence-electron chi connectivity index (χ4n) is 1.86. The van der Waals surface area contributed by atoms with Gasteiger partial charge < -0.3 is 16.8 Å². The summed E-state index contributed by atoms with van der Waals surface area (Å²) in [5.41, 5.74) is 12.3. The summed E-state index contributed by atoms with van der Waals surface area (Å²) in [4.78, 5) is 23.2. The van der Waals surface area contributed by atoms with Crippen LogP contribution < -0.4 is 16.8 Å². The van der Waals surface area contributed by atoms with Gasteiger partial charge in [0.25, 0.3) is 11.8 Å². The first-order valence-electron chi connectivity index (χ1n) is 6.15. The van der Waals surface area contributed by atoms with Gasteiger partial charge in [-0.3, -0.25) is 9.59 Å². The maximum atomic E-state index is 13.4. The molecule has 0 radical (unpaired) electrons. The molecule has 0 aliphatic rings. The van der Waals surface area contributed by atoms with Crippen LogP contribution in [0.3, 0.4) is 0 Å². The Balaban J connectivity index is 2.29. The minimum absolute atomic E-state index is 0.260. The first-order chi connectivity index (χ1) is 9.88. The number of rotatable bonds is 3. The summed E-state index contributed by atoms with van der Waals surface area (Å²) in [6.07, 6.45) is 0. The fraction of sp³-hybridized carbons (Fsp3) is 0.0667. The molecule has 0 heterocycles. The van der Waals surface area contributed by atoms with E-state index in [4.69, 9.17) is 11.5 Å². The van der Waals surface area contributed by atoms with Crippen LogP contribution in [0.1, 0.15) is 26.3 Å². The van der Waals surface area contributed by atoms with Gasteiger partial charge in [-0.15, -0.1) is 0 Å². The molecule has 0 aromatic heterocycles. The molecule has 0 atom stereocenters. The van der Waals surface area contributed by atoms with E-state index in [1.54, 1.807) is 18.2 Å². The zero-order chi connectivity index (χ0) is 15.6. The lowest BCUT2D eigenvalue weighted by atomic mass is 10.1. The third-order valence-electron chi connectivity index (χ3n) is 2.94. The van der Waals surface area contributed by atoms with E-state index in [9.17, 15) is 14.0 Å². The van der Waals surface area contributed by atoms with Gasteiger partial charge in [0.2, 0.25) is 0 Å². The van der Waals surface area contributed by atoms with Crippen molar-refractivity contribution >= 4 is 23.2 Å². The second kappa shape index (κ2) is 5.62. The molecule has 0 unspecified atom stereocenters. The summed E-state index contributed by atoms with van der Waals surface area (Å²) in [5.74, 6) is -2.09. The molecule has 0 bridgehead atoms. The average molecular weight is 287 g/mol. The highest BCUT2D eigenvalue weighted by molar-refractivity contribution is 6.08. The number of carbonyl (C=O) groups is 2. The van der Waals surface area contributed by atoms with Crippen molar-refractivity contribution in [2.24, 2.45) is 5.73 Å². The molecule has 0 aliphatic carbocycles. The number of primary amides is 1. The Morgan fingerprint density at radius 3 is 2.48 bits per heavy atom. The summed E-state index contributed by atoms with van der Waals surface area (Å²) in [5, 5.41) is 2.56. The zero-order valence-electron chi connectivity index (χ0n) is 11.3. The molecular formula is C15H14FN3O2. The molecule has 2 aromatic carbocycles. The maximum absolute atomic E-state index is 13.4.